The molecule has 0 heterocycles. The van der Waals surface area contributed by atoms with Gasteiger partial charge in [0.1, 0.15) is 0 Å². The van der Waals surface area contributed by atoms with Crippen LogP contribution in [-0.4, -0.2) is 6.26 Å². The Kier molecular flexibility index (Phi) is 5.37. The minimum absolute atomic E-state index is 0.255. The summed E-state index contributed by atoms with van der Waals surface area (Å²) in [5.74, 6) is 0. The number of anilines is 1. The third-order valence-electron chi connectivity index (χ3n) is 2.94. The maximum atomic E-state index is 3.58. The zero-order valence-electron chi connectivity index (χ0n) is 10.8. The number of nitrogens with one attached hydrogen (secondary N) is 1. The summed E-state index contributed by atoms with van der Waals surface area (Å²) in [5, 5.41) is 3.53. The molecule has 0 aromatic heterocycles. The largest absolute Gasteiger partial charge is 0.377 e. The van der Waals surface area contributed by atoms with Crippen LogP contribution in [0.5, 0.6) is 0 Å². The molecular weight excluding hydrogens is 386 g/mol. The van der Waals surface area contributed by atoms with Crippen molar-refractivity contribution < 1.29 is 0 Å². The van der Waals surface area contributed by atoms with Gasteiger partial charge in [0.2, 0.25) is 0 Å². The van der Waals surface area contributed by atoms with Gasteiger partial charge in [0.25, 0.3) is 0 Å². The zero-order valence-corrected chi connectivity index (χ0v) is 14.8. The fourth-order valence-corrected chi connectivity index (χ4v) is 3.46. The van der Waals surface area contributed by atoms with E-state index in [-0.39, 0.29) is 6.04 Å². The number of hydrogen-bond donors (Lipinski definition) is 1. The van der Waals surface area contributed by atoms with E-state index in [0.717, 1.165) is 14.6 Å². The Balaban J connectivity index is 2.18. The lowest BCUT2D eigenvalue weighted by molar-refractivity contribution is 0.880. The van der Waals surface area contributed by atoms with E-state index in [1.54, 1.807) is 11.8 Å². The van der Waals surface area contributed by atoms with Crippen molar-refractivity contribution in [3.8, 4) is 0 Å². The van der Waals surface area contributed by atoms with Crippen LogP contribution in [0.15, 0.2) is 56.3 Å². The van der Waals surface area contributed by atoms with Crippen molar-refractivity contribution in [1.29, 1.82) is 0 Å². The highest BCUT2D eigenvalue weighted by Gasteiger charge is 2.10. The van der Waals surface area contributed by atoms with Crippen molar-refractivity contribution in [2.75, 3.05) is 11.6 Å². The van der Waals surface area contributed by atoms with Crippen LogP contribution in [0.3, 0.4) is 0 Å². The molecule has 19 heavy (non-hydrogen) atoms. The second kappa shape index (κ2) is 6.82. The fourth-order valence-electron chi connectivity index (χ4n) is 1.83. The monoisotopic (exact) mass is 399 g/mol. The van der Waals surface area contributed by atoms with Crippen LogP contribution in [-0.2, 0) is 0 Å². The molecule has 100 valence electrons. The Morgan fingerprint density at radius 1 is 1.00 bits per heavy atom. The molecule has 0 saturated carbocycles. The van der Waals surface area contributed by atoms with E-state index in [2.05, 4.69) is 74.6 Å². The van der Waals surface area contributed by atoms with Crippen LogP contribution in [0.25, 0.3) is 0 Å². The molecule has 0 radical (unpaired) electrons. The highest BCUT2D eigenvalue weighted by molar-refractivity contribution is 9.11. The standard InChI is InChI=1S/C15H15Br2NS/c1-10(11-6-8-12(19-2)9-7-11)18-15-13(16)4-3-5-14(15)17/h3-10,18H,1-2H3. The van der Waals surface area contributed by atoms with Crippen molar-refractivity contribution in [3.63, 3.8) is 0 Å². The molecule has 1 N–H and O–H groups in total. The molecule has 0 aliphatic heterocycles. The molecule has 0 fully saturated rings. The van der Waals surface area contributed by atoms with Gasteiger partial charge in [-0.1, -0.05) is 18.2 Å². The van der Waals surface area contributed by atoms with Crippen LogP contribution < -0.4 is 5.32 Å². The van der Waals surface area contributed by atoms with E-state index >= 15 is 0 Å². The molecule has 1 nitrogen and oxygen atoms in total. The van der Waals surface area contributed by atoms with Crippen molar-refractivity contribution in [2.45, 2.75) is 17.9 Å². The smallest absolute Gasteiger partial charge is 0.0633 e. The average Bonchev–Trinajstić information content (AvgIpc) is 2.43. The summed E-state index contributed by atoms with van der Waals surface area (Å²) in [6.45, 7) is 2.17. The average molecular weight is 401 g/mol. The Labute approximate surface area is 135 Å². The summed E-state index contributed by atoms with van der Waals surface area (Å²) < 4.78 is 2.13. The summed E-state index contributed by atoms with van der Waals surface area (Å²) in [6, 6.07) is 15.0. The summed E-state index contributed by atoms with van der Waals surface area (Å²) in [7, 11) is 0. The Hall–Kier alpha value is -0.450. The van der Waals surface area contributed by atoms with Gasteiger partial charge in [0, 0.05) is 19.9 Å². The quantitative estimate of drug-likeness (QED) is 0.621. The fraction of sp³-hybridized carbons (Fsp3) is 0.200. The SMILES string of the molecule is CSc1ccc(C(C)Nc2c(Br)cccc2Br)cc1. The minimum atomic E-state index is 0.255. The first-order valence-corrected chi connectivity index (χ1v) is 8.77. The molecule has 2 aromatic carbocycles. The normalized spacial score (nSPS) is 12.2. The topological polar surface area (TPSA) is 12.0 Å². The van der Waals surface area contributed by atoms with Gasteiger partial charge in [-0.05, 0) is 74.9 Å². The highest BCUT2D eigenvalue weighted by atomic mass is 79.9. The number of halogens is 2. The molecule has 0 bridgehead atoms. The van der Waals surface area contributed by atoms with Crippen LogP contribution in [0.2, 0.25) is 0 Å². The zero-order chi connectivity index (χ0) is 13.8. The molecule has 2 rings (SSSR count). The number of benzene rings is 2. The summed E-state index contributed by atoms with van der Waals surface area (Å²) >= 11 is 8.91. The first-order chi connectivity index (χ1) is 9.11. The predicted molar refractivity (Wildman–Crippen MR) is 92.1 cm³/mol. The number of para-hydroxylation sites is 1. The second-order valence-electron chi connectivity index (χ2n) is 4.24. The summed E-state index contributed by atoms with van der Waals surface area (Å²) in [6.07, 6.45) is 2.09. The van der Waals surface area contributed by atoms with E-state index in [1.807, 2.05) is 18.2 Å². The lowest BCUT2D eigenvalue weighted by Gasteiger charge is -2.18. The van der Waals surface area contributed by atoms with Gasteiger partial charge in [-0.25, -0.2) is 0 Å². The molecule has 0 aliphatic rings. The van der Waals surface area contributed by atoms with Crippen molar-refractivity contribution in [1.82, 2.24) is 0 Å². The first kappa shape index (κ1) is 14.9. The van der Waals surface area contributed by atoms with Crippen LogP contribution in [0, 0.1) is 0 Å². The van der Waals surface area contributed by atoms with E-state index in [9.17, 15) is 0 Å². The maximum absolute atomic E-state index is 3.58. The van der Waals surface area contributed by atoms with Gasteiger partial charge in [-0.15, -0.1) is 11.8 Å². The first-order valence-electron chi connectivity index (χ1n) is 5.96. The van der Waals surface area contributed by atoms with Gasteiger partial charge in [0.15, 0.2) is 0 Å². The van der Waals surface area contributed by atoms with Crippen molar-refractivity contribution >= 4 is 49.3 Å². The number of thioether (sulfide) groups is 1. The molecule has 2 aromatic rings. The van der Waals surface area contributed by atoms with Gasteiger partial charge >= 0.3 is 0 Å². The molecular formula is C15H15Br2NS. The number of hydrogen-bond acceptors (Lipinski definition) is 2. The second-order valence-corrected chi connectivity index (χ2v) is 6.82. The summed E-state index contributed by atoms with van der Waals surface area (Å²) in [4.78, 5) is 1.29. The molecule has 4 heteroatoms. The third kappa shape index (κ3) is 3.77. The maximum Gasteiger partial charge on any atom is 0.0633 e. The summed E-state index contributed by atoms with van der Waals surface area (Å²) in [5.41, 5.74) is 2.37. The van der Waals surface area contributed by atoms with Gasteiger partial charge in [-0.3, -0.25) is 0 Å². The molecule has 0 spiro atoms. The van der Waals surface area contributed by atoms with E-state index < -0.39 is 0 Å². The molecule has 0 amide bonds. The van der Waals surface area contributed by atoms with E-state index in [1.165, 1.54) is 10.5 Å². The lowest BCUT2D eigenvalue weighted by atomic mass is 10.1. The Morgan fingerprint density at radius 2 is 1.58 bits per heavy atom. The van der Waals surface area contributed by atoms with E-state index in [4.69, 9.17) is 0 Å². The Bertz CT molecular complexity index is 534. The minimum Gasteiger partial charge on any atom is -0.377 e. The third-order valence-corrected chi connectivity index (χ3v) is 5.00. The molecule has 0 saturated heterocycles. The van der Waals surface area contributed by atoms with Crippen molar-refractivity contribution in [3.05, 3.63) is 57.0 Å². The van der Waals surface area contributed by atoms with E-state index in [0.29, 0.717) is 0 Å². The molecule has 1 unspecified atom stereocenters. The number of rotatable bonds is 4. The van der Waals surface area contributed by atoms with Crippen LogP contribution in [0.4, 0.5) is 5.69 Å². The van der Waals surface area contributed by atoms with Gasteiger partial charge in [-0.2, -0.15) is 0 Å². The highest BCUT2D eigenvalue weighted by Crippen LogP contribution is 2.33. The van der Waals surface area contributed by atoms with Gasteiger partial charge in [0.05, 0.1) is 5.69 Å². The van der Waals surface area contributed by atoms with Crippen LogP contribution >= 0.6 is 43.6 Å². The molecule has 1 atom stereocenters. The predicted octanol–water partition coefficient (Wildman–Crippen LogP) is 6.11. The Morgan fingerprint density at radius 3 is 2.11 bits per heavy atom. The molecule has 0 aliphatic carbocycles. The van der Waals surface area contributed by atoms with Crippen molar-refractivity contribution in [2.24, 2.45) is 0 Å². The van der Waals surface area contributed by atoms with Crippen LogP contribution in [0.1, 0.15) is 18.5 Å². The lowest BCUT2D eigenvalue weighted by Crippen LogP contribution is -2.07. The van der Waals surface area contributed by atoms with Gasteiger partial charge < -0.3 is 5.32 Å².